The van der Waals surface area contributed by atoms with E-state index < -0.39 is 0 Å². The van der Waals surface area contributed by atoms with Gasteiger partial charge < -0.3 is 9.84 Å². The average Bonchev–Trinajstić information content (AvgIpc) is 2.29. The monoisotopic (exact) mass is 243 g/mol. The molecule has 1 rings (SSSR count). The standard InChI is InChI=1S/C14H29NO2/c1-5-13-7-6-12(4)15(8-13)9-14(16)10-17-11(2)3/h11-14,16H,5-10H2,1-4H3. The van der Waals surface area contributed by atoms with Crippen LogP contribution in [0.5, 0.6) is 0 Å². The lowest BCUT2D eigenvalue weighted by molar-refractivity contribution is -0.0216. The quantitative estimate of drug-likeness (QED) is 0.777. The first-order valence-electron chi connectivity index (χ1n) is 7.06. The third kappa shape index (κ3) is 5.36. The van der Waals surface area contributed by atoms with Crippen molar-refractivity contribution in [2.45, 2.75) is 65.2 Å². The molecule has 1 aliphatic rings. The number of likely N-dealkylation sites (tertiary alicyclic amines) is 1. The number of hydrogen-bond donors (Lipinski definition) is 1. The Morgan fingerprint density at radius 2 is 2.06 bits per heavy atom. The first-order chi connectivity index (χ1) is 8.02. The molecule has 0 aromatic carbocycles. The van der Waals surface area contributed by atoms with Crippen LogP contribution in [-0.4, -0.2) is 48.0 Å². The Hall–Kier alpha value is -0.120. The predicted octanol–water partition coefficient (Wildman–Crippen LogP) is 2.28. The van der Waals surface area contributed by atoms with Gasteiger partial charge in [0.25, 0.3) is 0 Å². The SMILES string of the molecule is CCC1CCC(C)N(CC(O)COC(C)C)C1. The Morgan fingerprint density at radius 1 is 1.35 bits per heavy atom. The number of rotatable bonds is 6. The number of hydrogen-bond acceptors (Lipinski definition) is 3. The number of β-amino-alcohol motifs (C(OH)–C–C–N with tert-alkyl or cyclic N) is 1. The number of piperidine rings is 1. The summed E-state index contributed by atoms with van der Waals surface area (Å²) in [6.07, 6.45) is 3.70. The van der Waals surface area contributed by atoms with E-state index in [2.05, 4.69) is 18.7 Å². The summed E-state index contributed by atoms with van der Waals surface area (Å²) in [5.74, 6) is 0.810. The summed E-state index contributed by atoms with van der Waals surface area (Å²) in [5, 5.41) is 9.96. The molecule has 0 aromatic rings. The highest BCUT2D eigenvalue weighted by atomic mass is 16.5. The van der Waals surface area contributed by atoms with Gasteiger partial charge in [-0.3, -0.25) is 4.90 Å². The highest BCUT2D eigenvalue weighted by molar-refractivity contribution is 4.80. The highest BCUT2D eigenvalue weighted by Gasteiger charge is 2.25. The minimum Gasteiger partial charge on any atom is -0.389 e. The fourth-order valence-corrected chi connectivity index (χ4v) is 2.48. The molecule has 102 valence electrons. The van der Waals surface area contributed by atoms with Gasteiger partial charge in [-0.25, -0.2) is 0 Å². The van der Waals surface area contributed by atoms with Gasteiger partial charge >= 0.3 is 0 Å². The van der Waals surface area contributed by atoms with Crippen molar-refractivity contribution in [3.05, 3.63) is 0 Å². The van der Waals surface area contributed by atoms with Gasteiger partial charge in [-0.05, 0) is 39.5 Å². The molecule has 3 nitrogen and oxygen atoms in total. The van der Waals surface area contributed by atoms with Crippen LogP contribution < -0.4 is 0 Å². The molecule has 1 fully saturated rings. The van der Waals surface area contributed by atoms with Gasteiger partial charge in [-0.1, -0.05) is 13.3 Å². The number of ether oxygens (including phenoxy) is 1. The van der Waals surface area contributed by atoms with Crippen LogP contribution in [0.25, 0.3) is 0 Å². The van der Waals surface area contributed by atoms with Crippen molar-refractivity contribution in [1.82, 2.24) is 4.90 Å². The summed E-state index contributed by atoms with van der Waals surface area (Å²) >= 11 is 0. The maximum absolute atomic E-state index is 9.96. The summed E-state index contributed by atoms with van der Waals surface area (Å²) in [5.41, 5.74) is 0. The van der Waals surface area contributed by atoms with E-state index in [4.69, 9.17) is 4.74 Å². The van der Waals surface area contributed by atoms with Crippen molar-refractivity contribution in [1.29, 1.82) is 0 Å². The average molecular weight is 243 g/mol. The maximum Gasteiger partial charge on any atom is 0.0900 e. The van der Waals surface area contributed by atoms with Gasteiger partial charge in [0, 0.05) is 19.1 Å². The predicted molar refractivity (Wildman–Crippen MR) is 71.1 cm³/mol. The number of nitrogens with zero attached hydrogens (tertiary/aromatic N) is 1. The smallest absolute Gasteiger partial charge is 0.0900 e. The fourth-order valence-electron chi connectivity index (χ4n) is 2.48. The first kappa shape index (κ1) is 14.9. The molecule has 1 N–H and O–H groups in total. The third-order valence-electron chi connectivity index (χ3n) is 3.75. The van der Waals surface area contributed by atoms with Gasteiger partial charge in [0.05, 0.1) is 18.8 Å². The molecular formula is C14H29NO2. The Balaban J connectivity index is 2.32. The Labute approximate surface area is 106 Å². The van der Waals surface area contributed by atoms with Crippen LogP contribution in [0.3, 0.4) is 0 Å². The number of aliphatic hydroxyl groups is 1. The van der Waals surface area contributed by atoms with Crippen molar-refractivity contribution in [3.63, 3.8) is 0 Å². The van der Waals surface area contributed by atoms with Crippen molar-refractivity contribution < 1.29 is 9.84 Å². The lowest BCUT2D eigenvalue weighted by Crippen LogP contribution is -2.46. The Kier molecular flexibility index (Phi) is 6.45. The van der Waals surface area contributed by atoms with Crippen molar-refractivity contribution >= 4 is 0 Å². The van der Waals surface area contributed by atoms with E-state index >= 15 is 0 Å². The second-order valence-corrected chi connectivity index (χ2v) is 5.69. The number of aliphatic hydroxyl groups excluding tert-OH is 1. The summed E-state index contributed by atoms with van der Waals surface area (Å²) in [4.78, 5) is 2.42. The van der Waals surface area contributed by atoms with Crippen LogP contribution in [-0.2, 0) is 4.74 Å². The molecule has 0 radical (unpaired) electrons. The summed E-state index contributed by atoms with van der Waals surface area (Å²) in [6, 6.07) is 0.603. The largest absolute Gasteiger partial charge is 0.389 e. The molecule has 0 saturated carbocycles. The van der Waals surface area contributed by atoms with Crippen LogP contribution in [0, 0.1) is 5.92 Å². The molecule has 0 amide bonds. The zero-order chi connectivity index (χ0) is 12.8. The molecule has 1 heterocycles. The molecule has 1 aliphatic heterocycles. The molecule has 3 heteroatoms. The zero-order valence-electron chi connectivity index (χ0n) is 11.9. The summed E-state index contributed by atoms with van der Waals surface area (Å²) < 4.78 is 5.46. The zero-order valence-corrected chi connectivity index (χ0v) is 11.9. The van der Waals surface area contributed by atoms with Gasteiger partial charge in [0.2, 0.25) is 0 Å². The van der Waals surface area contributed by atoms with Crippen LogP contribution in [0.2, 0.25) is 0 Å². The van der Waals surface area contributed by atoms with E-state index in [0.717, 1.165) is 19.0 Å². The molecule has 0 spiro atoms. The van der Waals surface area contributed by atoms with Gasteiger partial charge in [-0.15, -0.1) is 0 Å². The molecular weight excluding hydrogens is 214 g/mol. The lowest BCUT2D eigenvalue weighted by atomic mass is 9.91. The van der Waals surface area contributed by atoms with E-state index in [0.29, 0.717) is 12.6 Å². The van der Waals surface area contributed by atoms with Crippen molar-refractivity contribution in [3.8, 4) is 0 Å². The van der Waals surface area contributed by atoms with E-state index in [1.807, 2.05) is 13.8 Å². The first-order valence-corrected chi connectivity index (χ1v) is 7.06. The van der Waals surface area contributed by atoms with Crippen LogP contribution in [0.1, 0.15) is 47.0 Å². The minimum atomic E-state index is -0.351. The van der Waals surface area contributed by atoms with E-state index in [1.54, 1.807) is 0 Å². The van der Waals surface area contributed by atoms with Crippen molar-refractivity contribution in [2.24, 2.45) is 5.92 Å². The topological polar surface area (TPSA) is 32.7 Å². The Morgan fingerprint density at radius 3 is 2.65 bits per heavy atom. The van der Waals surface area contributed by atoms with Gasteiger partial charge in [0.15, 0.2) is 0 Å². The maximum atomic E-state index is 9.96. The van der Waals surface area contributed by atoms with Gasteiger partial charge in [-0.2, -0.15) is 0 Å². The highest BCUT2D eigenvalue weighted by Crippen LogP contribution is 2.23. The second kappa shape index (κ2) is 7.34. The van der Waals surface area contributed by atoms with Crippen molar-refractivity contribution in [2.75, 3.05) is 19.7 Å². The molecule has 17 heavy (non-hydrogen) atoms. The molecule has 3 atom stereocenters. The molecule has 3 unspecified atom stereocenters. The molecule has 0 aliphatic carbocycles. The molecule has 0 bridgehead atoms. The lowest BCUT2D eigenvalue weighted by Gasteiger charge is -2.38. The minimum absolute atomic E-state index is 0.201. The van der Waals surface area contributed by atoms with Crippen LogP contribution >= 0.6 is 0 Å². The second-order valence-electron chi connectivity index (χ2n) is 5.69. The Bertz CT molecular complexity index is 208. The third-order valence-corrected chi connectivity index (χ3v) is 3.75. The van der Waals surface area contributed by atoms with Crippen LogP contribution in [0.4, 0.5) is 0 Å². The normalized spacial score (nSPS) is 28.6. The van der Waals surface area contributed by atoms with E-state index in [1.165, 1.54) is 19.3 Å². The van der Waals surface area contributed by atoms with E-state index in [9.17, 15) is 5.11 Å². The van der Waals surface area contributed by atoms with E-state index in [-0.39, 0.29) is 12.2 Å². The molecule has 1 saturated heterocycles. The van der Waals surface area contributed by atoms with Gasteiger partial charge in [0.1, 0.15) is 0 Å². The summed E-state index contributed by atoms with van der Waals surface area (Å²) in [6.45, 7) is 10.9. The summed E-state index contributed by atoms with van der Waals surface area (Å²) in [7, 11) is 0. The molecule has 0 aromatic heterocycles. The fraction of sp³-hybridized carbons (Fsp3) is 1.00. The van der Waals surface area contributed by atoms with Crippen LogP contribution in [0.15, 0.2) is 0 Å².